The van der Waals surface area contributed by atoms with Crippen LogP contribution in [-0.2, 0) is 0 Å². The van der Waals surface area contributed by atoms with Crippen LogP contribution in [0.5, 0.6) is 0 Å². The summed E-state index contributed by atoms with van der Waals surface area (Å²) in [5.41, 5.74) is 6.20. The number of aliphatic hydroxyl groups is 1. The summed E-state index contributed by atoms with van der Waals surface area (Å²) in [4.78, 5) is 1.33. The Morgan fingerprint density at radius 1 is 1.21 bits per heavy atom. The van der Waals surface area contributed by atoms with E-state index in [-0.39, 0.29) is 0 Å². The molecule has 0 saturated heterocycles. The Kier molecular flexibility index (Phi) is 6.90. The van der Waals surface area contributed by atoms with Gasteiger partial charge in [0.2, 0.25) is 0 Å². The minimum absolute atomic E-state index is 0.344. The topological polar surface area (TPSA) is 46.2 Å². The average molecular weight is 281 g/mol. The van der Waals surface area contributed by atoms with Gasteiger partial charge in [-0.15, -0.1) is 11.8 Å². The lowest BCUT2D eigenvalue weighted by Crippen LogP contribution is -2.33. The number of thioether (sulfide) groups is 1. The van der Waals surface area contributed by atoms with Crippen LogP contribution in [0.3, 0.4) is 0 Å². The van der Waals surface area contributed by atoms with E-state index in [9.17, 15) is 5.11 Å². The highest BCUT2D eigenvalue weighted by atomic mass is 32.2. The molecule has 0 aliphatic carbocycles. The second-order valence-electron chi connectivity index (χ2n) is 5.73. The van der Waals surface area contributed by atoms with Gasteiger partial charge in [0.05, 0.1) is 5.60 Å². The third kappa shape index (κ3) is 6.46. The molecule has 3 heteroatoms. The van der Waals surface area contributed by atoms with Gasteiger partial charge in [-0.3, -0.25) is 0 Å². The molecule has 0 aromatic heterocycles. The van der Waals surface area contributed by atoms with Gasteiger partial charge < -0.3 is 10.8 Å². The lowest BCUT2D eigenvalue weighted by atomic mass is 10.00. The highest BCUT2D eigenvalue weighted by Gasteiger charge is 2.16. The van der Waals surface area contributed by atoms with Crippen LogP contribution in [0, 0.1) is 0 Å². The largest absolute Gasteiger partial charge is 0.389 e. The summed E-state index contributed by atoms with van der Waals surface area (Å²) in [7, 11) is 0. The Labute approximate surface area is 121 Å². The first-order chi connectivity index (χ1) is 8.94. The van der Waals surface area contributed by atoms with Crippen molar-refractivity contribution in [1.29, 1.82) is 0 Å². The maximum absolute atomic E-state index is 9.79. The van der Waals surface area contributed by atoms with Gasteiger partial charge in [0.15, 0.2) is 0 Å². The van der Waals surface area contributed by atoms with E-state index < -0.39 is 5.60 Å². The summed E-state index contributed by atoms with van der Waals surface area (Å²) in [6.07, 6.45) is 2.93. The Balaban J connectivity index is 2.23. The van der Waals surface area contributed by atoms with Crippen molar-refractivity contribution in [3.63, 3.8) is 0 Å². The molecule has 0 amide bonds. The Morgan fingerprint density at radius 3 is 2.37 bits per heavy atom. The zero-order valence-corrected chi connectivity index (χ0v) is 13.2. The predicted octanol–water partition coefficient (Wildman–Crippen LogP) is 3.78. The van der Waals surface area contributed by atoms with E-state index in [4.69, 9.17) is 5.73 Å². The molecule has 1 aromatic carbocycles. The van der Waals surface area contributed by atoms with E-state index in [0.717, 1.165) is 25.0 Å². The van der Waals surface area contributed by atoms with Gasteiger partial charge in [0.25, 0.3) is 0 Å². The second-order valence-corrected chi connectivity index (χ2v) is 6.90. The number of rotatable bonds is 8. The molecule has 0 bridgehead atoms. The number of hydrogen-bond acceptors (Lipinski definition) is 3. The smallest absolute Gasteiger partial charge is 0.0741 e. The summed E-state index contributed by atoms with van der Waals surface area (Å²) in [5.74, 6) is 1.69. The standard InChI is InChI=1S/C16H27NOS/c1-13(2)14-6-8-15(9-7-14)19-11-5-4-10-16(3,18)12-17/h6-9,13,18H,4-5,10-12,17H2,1-3H3. The van der Waals surface area contributed by atoms with Gasteiger partial charge in [-0.25, -0.2) is 0 Å². The first-order valence-corrected chi connectivity index (χ1v) is 8.08. The van der Waals surface area contributed by atoms with Crippen molar-refractivity contribution < 1.29 is 5.11 Å². The Morgan fingerprint density at radius 2 is 1.84 bits per heavy atom. The maximum Gasteiger partial charge on any atom is 0.0741 e. The normalized spacial score (nSPS) is 14.6. The number of nitrogens with two attached hydrogens (primary N) is 1. The van der Waals surface area contributed by atoms with Gasteiger partial charge in [-0.05, 0) is 55.6 Å². The average Bonchev–Trinajstić information content (AvgIpc) is 2.39. The second kappa shape index (κ2) is 7.93. The molecule has 0 aliphatic rings. The predicted molar refractivity (Wildman–Crippen MR) is 84.8 cm³/mol. The summed E-state index contributed by atoms with van der Waals surface area (Å²) < 4.78 is 0. The van der Waals surface area contributed by atoms with E-state index in [1.165, 1.54) is 10.5 Å². The number of hydrogen-bond donors (Lipinski definition) is 2. The number of unbranched alkanes of at least 4 members (excludes halogenated alkanes) is 1. The first kappa shape index (κ1) is 16.5. The molecule has 19 heavy (non-hydrogen) atoms. The minimum Gasteiger partial charge on any atom is -0.389 e. The van der Waals surface area contributed by atoms with Crippen LogP contribution in [0.2, 0.25) is 0 Å². The maximum atomic E-state index is 9.79. The van der Waals surface area contributed by atoms with Crippen molar-refractivity contribution in [3.8, 4) is 0 Å². The summed E-state index contributed by atoms with van der Waals surface area (Å²) in [6.45, 7) is 6.58. The lowest BCUT2D eigenvalue weighted by Gasteiger charge is -2.20. The molecule has 1 aromatic rings. The summed E-state index contributed by atoms with van der Waals surface area (Å²) in [6, 6.07) is 8.84. The zero-order chi connectivity index (χ0) is 14.3. The van der Waals surface area contributed by atoms with E-state index in [1.54, 1.807) is 0 Å². The fourth-order valence-corrected chi connectivity index (χ4v) is 2.76. The van der Waals surface area contributed by atoms with Gasteiger partial charge in [0, 0.05) is 11.4 Å². The van der Waals surface area contributed by atoms with Crippen LogP contribution < -0.4 is 5.73 Å². The first-order valence-electron chi connectivity index (χ1n) is 7.10. The van der Waals surface area contributed by atoms with Crippen LogP contribution in [0.4, 0.5) is 0 Å². The number of benzene rings is 1. The summed E-state index contributed by atoms with van der Waals surface area (Å²) >= 11 is 1.89. The molecule has 0 aliphatic heterocycles. The molecule has 108 valence electrons. The van der Waals surface area contributed by atoms with Crippen molar-refractivity contribution in [3.05, 3.63) is 29.8 Å². The molecule has 1 rings (SSSR count). The molecule has 1 unspecified atom stereocenters. The van der Waals surface area contributed by atoms with Crippen LogP contribution in [0.1, 0.15) is 51.5 Å². The van der Waals surface area contributed by atoms with Crippen LogP contribution >= 0.6 is 11.8 Å². The molecule has 1 atom stereocenters. The molecular formula is C16H27NOS. The lowest BCUT2D eigenvalue weighted by molar-refractivity contribution is 0.0577. The van der Waals surface area contributed by atoms with Gasteiger partial charge in [-0.1, -0.05) is 26.0 Å². The minimum atomic E-state index is -0.691. The van der Waals surface area contributed by atoms with Crippen molar-refractivity contribution in [2.24, 2.45) is 5.73 Å². The molecule has 0 radical (unpaired) electrons. The van der Waals surface area contributed by atoms with Crippen molar-refractivity contribution >= 4 is 11.8 Å². The van der Waals surface area contributed by atoms with Crippen LogP contribution in [-0.4, -0.2) is 23.0 Å². The van der Waals surface area contributed by atoms with Crippen molar-refractivity contribution in [1.82, 2.24) is 0 Å². The van der Waals surface area contributed by atoms with Crippen LogP contribution in [0.15, 0.2) is 29.2 Å². The van der Waals surface area contributed by atoms with Crippen molar-refractivity contribution in [2.75, 3.05) is 12.3 Å². The molecular weight excluding hydrogens is 254 g/mol. The van der Waals surface area contributed by atoms with E-state index in [0.29, 0.717) is 12.5 Å². The molecule has 0 spiro atoms. The molecule has 0 heterocycles. The third-order valence-corrected chi connectivity index (χ3v) is 4.46. The third-order valence-electron chi connectivity index (χ3n) is 3.36. The quantitative estimate of drug-likeness (QED) is 0.563. The zero-order valence-electron chi connectivity index (χ0n) is 12.4. The molecule has 0 fully saturated rings. The van der Waals surface area contributed by atoms with E-state index >= 15 is 0 Å². The summed E-state index contributed by atoms with van der Waals surface area (Å²) in [5, 5.41) is 9.79. The highest BCUT2D eigenvalue weighted by Crippen LogP contribution is 2.23. The molecule has 0 saturated carbocycles. The van der Waals surface area contributed by atoms with E-state index in [1.807, 2.05) is 18.7 Å². The van der Waals surface area contributed by atoms with Gasteiger partial charge >= 0.3 is 0 Å². The monoisotopic (exact) mass is 281 g/mol. The Hall–Kier alpha value is -0.510. The fourth-order valence-electron chi connectivity index (χ4n) is 1.85. The molecule has 3 N–H and O–H groups in total. The van der Waals surface area contributed by atoms with Gasteiger partial charge in [-0.2, -0.15) is 0 Å². The highest BCUT2D eigenvalue weighted by molar-refractivity contribution is 7.99. The van der Waals surface area contributed by atoms with Gasteiger partial charge in [0.1, 0.15) is 0 Å². The molecule has 2 nitrogen and oxygen atoms in total. The Bertz CT molecular complexity index is 360. The SMILES string of the molecule is CC(C)c1ccc(SCCCCC(C)(O)CN)cc1. The fraction of sp³-hybridized carbons (Fsp3) is 0.625. The van der Waals surface area contributed by atoms with Crippen molar-refractivity contribution in [2.45, 2.75) is 56.4 Å². The van der Waals surface area contributed by atoms with E-state index in [2.05, 4.69) is 38.1 Å². The van der Waals surface area contributed by atoms with Crippen LogP contribution in [0.25, 0.3) is 0 Å².